The highest BCUT2D eigenvalue weighted by Gasteiger charge is 2.11. The van der Waals surface area contributed by atoms with Gasteiger partial charge in [-0.1, -0.05) is 0 Å². The van der Waals surface area contributed by atoms with Gasteiger partial charge in [0.25, 0.3) is 0 Å². The second kappa shape index (κ2) is 4.05. The third-order valence-electron chi connectivity index (χ3n) is 2.63. The van der Waals surface area contributed by atoms with Gasteiger partial charge in [-0.2, -0.15) is 0 Å². The maximum atomic E-state index is 11.5. The van der Waals surface area contributed by atoms with Gasteiger partial charge in [-0.3, -0.25) is 4.79 Å². The normalized spacial score (nSPS) is 10.5. The molecule has 4 heteroatoms. The van der Waals surface area contributed by atoms with Crippen LogP contribution in [0, 0.1) is 6.92 Å². The van der Waals surface area contributed by atoms with Crippen LogP contribution < -0.4 is 10.4 Å². The summed E-state index contributed by atoms with van der Waals surface area (Å²) in [5.74, 6) is 0.390. The smallest absolute Gasteiger partial charge is 0.347 e. The molecule has 2 rings (SSSR count). The summed E-state index contributed by atoms with van der Waals surface area (Å²) in [6, 6.07) is 5.00. The van der Waals surface area contributed by atoms with Crippen LogP contribution in [0.4, 0.5) is 0 Å². The topological polar surface area (TPSA) is 56.5 Å². The molecule has 1 heterocycles. The first kappa shape index (κ1) is 11.4. The molecule has 0 bridgehead atoms. The fourth-order valence-corrected chi connectivity index (χ4v) is 1.71. The van der Waals surface area contributed by atoms with Crippen molar-refractivity contribution in [2.24, 2.45) is 0 Å². The van der Waals surface area contributed by atoms with Crippen molar-refractivity contribution in [1.82, 2.24) is 0 Å². The minimum atomic E-state index is -0.602. The standard InChI is InChI=1S/C13H12O4/c1-7-4-12-9(6-11(7)16-3)5-10(8(2)14)13(15)17-12/h4-6H,1-3H3. The molecule has 0 aliphatic rings. The first-order valence-corrected chi connectivity index (χ1v) is 5.16. The van der Waals surface area contributed by atoms with E-state index < -0.39 is 5.63 Å². The number of carbonyl (C=O) groups is 1. The van der Waals surface area contributed by atoms with Crippen LogP contribution in [0.3, 0.4) is 0 Å². The Morgan fingerprint density at radius 2 is 2.00 bits per heavy atom. The largest absolute Gasteiger partial charge is 0.496 e. The first-order chi connectivity index (χ1) is 8.02. The summed E-state index contributed by atoms with van der Waals surface area (Å²) >= 11 is 0. The summed E-state index contributed by atoms with van der Waals surface area (Å²) in [6.07, 6.45) is 0. The van der Waals surface area contributed by atoms with Gasteiger partial charge in [-0.15, -0.1) is 0 Å². The van der Waals surface area contributed by atoms with Crippen molar-refractivity contribution in [2.45, 2.75) is 13.8 Å². The molecular weight excluding hydrogens is 220 g/mol. The fourth-order valence-electron chi connectivity index (χ4n) is 1.71. The monoisotopic (exact) mass is 232 g/mol. The molecule has 88 valence electrons. The second-order valence-corrected chi connectivity index (χ2v) is 3.86. The number of hydrogen-bond acceptors (Lipinski definition) is 4. The molecule has 4 nitrogen and oxygen atoms in total. The first-order valence-electron chi connectivity index (χ1n) is 5.16. The minimum Gasteiger partial charge on any atom is -0.496 e. The van der Waals surface area contributed by atoms with Gasteiger partial charge in [0.15, 0.2) is 5.78 Å². The van der Waals surface area contributed by atoms with Crippen LogP contribution in [0.25, 0.3) is 11.0 Å². The fraction of sp³-hybridized carbons (Fsp3) is 0.231. The maximum Gasteiger partial charge on any atom is 0.347 e. The average molecular weight is 232 g/mol. The Kier molecular flexibility index (Phi) is 2.71. The van der Waals surface area contributed by atoms with E-state index in [1.165, 1.54) is 13.0 Å². The SMILES string of the molecule is COc1cc2cc(C(C)=O)c(=O)oc2cc1C. The van der Waals surface area contributed by atoms with Crippen molar-refractivity contribution >= 4 is 16.8 Å². The lowest BCUT2D eigenvalue weighted by Crippen LogP contribution is -2.11. The van der Waals surface area contributed by atoms with Crippen molar-refractivity contribution in [3.63, 3.8) is 0 Å². The Hall–Kier alpha value is -2.10. The van der Waals surface area contributed by atoms with Crippen LogP contribution in [0.1, 0.15) is 22.8 Å². The summed E-state index contributed by atoms with van der Waals surface area (Å²) in [7, 11) is 1.57. The quantitative estimate of drug-likeness (QED) is 0.589. The van der Waals surface area contributed by atoms with Crippen LogP contribution >= 0.6 is 0 Å². The lowest BCUT2D eigenvalue weighted by atomic mass is 10.1. The number of Topliss-reactive ketones (excluding diaryl/α,β-unsaturated/α-hetero) is 1. The molecular formula is C13H12O4. The maximum absolute atomic E-state index is 11.5. The molecule has 0 atom stereocenters. The highest BCUT2D eigenvalue weighted by Crippen LogP contribution is 2.24. The molecule has 0 N–H and O–H groups in total. The molecule has 0 amide bonds. The van der Waals surface area contributed by atoms with Gasteiger partial charge < -0.3 is 9.15 Å². The summed E-state index contributed by atoms with van der Waals surface area (Å²) in [5, 5.41) is 0.678. The van der Waals surface area contributed by atoms with E-state index in [1.54, 1.807) is 19.2 Å². The number of carbonyl (C=O) groups excluding carboxylic acids is 1. The molecule has 0 saturated heterocycles. The molecule has 17 heavy (non-hydrogen) atoms. The number of fused-ring (bicyclic) bond motifs is 1. The van der Waals surface area contributed by atoms with E-state index in [0.717, 1.165) is 5.56 Å². The lowest BCUT2D eigenvalue weighted by molar-refractivity contribution is 0.101. The molecule has 1 aromatic heterocycles. The third-order valence-corrected chi connectivity index (χ3v) is 2.63. The number of aryl methyl sites for hydroxylation is 1. The average Bonchev–Trinajstić information content (AvgIpc) is 2.27. The van der Waals surface area contributed by atoms with Crippen LogP contribution in [-0.4, -0.2) is 12.9 Å². The van der Waals surface area contributed by atoms with Gasteiger partial charge in [-0.25, -0.2) is 4.79 Å². The zero-order valence-electron chi connectivity index (χ0n) is 9.87. The second-order valence-electron chi connectivity index (χ2n) is 3.86. The zero-order valence-corrected chi connectivity index (χ0v) is 9.87. The van der Waals surface area contributed by atoms with Gasteiger partial charge >= 0.3 is 5.63 Å². The number of benzene rings is 1. The zero-order chi connectivity index (χ0) is 12.6. The third kappa shape index (κ3) is 1.93. The lowest BCUT2D eigenvalue weighted by Gasteiger charge is -2.06. The number of methoxy groups -OCH3 is 1. The molecule has 0 spiro atoms. The number of hydrogen-bond donors (Lipinski definition) is 0. The summed E-state index contributed by atoms with van der Waals surface area (Å²) in [4.78, 5) is 22.8. The molecule has 0 radical (unpaired) electrons. The molecule has 0 aliphatic heterocycles. The Morgan fingerprint density at radius 3 is 2.59 bits per heavy atom. The van der Waals surface area contributed by atoms with E-state index in [0.29, 0.717) is 16.7 Å². The number of ketones is 1. The van der Waals surface area contributed by atoms with Gasteiger partial charge in [0, 0.05) is 5.39 Å². The molecule has 0 fully saturated rings. The Labute approximate surface area is 97.8 Å². The van der Waals surface area contributed by atoms with E-state index in [9.17, 15) is 9.59 Å². The predicted octanol–water partition coefficient (Wildman–Crippen LogP) is 2.31. The van der Waals surface area contributed by atoms with E-state index in [-0.39, 0.29) is 11.3 Å². The summed E-state index contributed by atoms with van der Waals surface area (Å²) in [6.45, 7) is 3.20. The molecule has 0 unspecified atom stereocenters. The van der Waals surface area contributed by atoms with Crippen molar-refractivity contribution in [3.05, 3.63) is 39.7 Å². The van der Waals surface area contributed by atoms with E-state index in [1.807, 2.05) is 6.92 Å². The van der Waals surface area contributed by atoms with Gasteiger partial charge in [0.2, 0.25) is 0 Å². The highest BCUT2D eigenvalue weighted by molar-refractivity contribution is 5.96. The van der Waals surface area contributed by atoms with Crippen LogP contribution in [-0.2, 0) is 0 Å². The Bertz CT molecular complexity index is 652. The Balaban J connectivity index is 2.80. The molecule has 0 saturated carbocycles. The van der Waals surface area contributed by atoms with Crippen molar-refractivity contribution in [1.29, 1.82) is 0 Å². The van der Waals surface area contributed by atoms with Gasteiger partial charge in [-0.05, 0) is 37.6 Å². The van der Waals surface area contributed by atoms with Crippen molar-refractivity contribution < 1.29 is 13.9 Å². The number of ether oxygens (including phenoxy) is 1. The molecule has 0 aliphatic carbocycles. The van der Waals surface area contributed by atoms with Crippen molar-refractivity contribution in [3.8, 4) is 5.75 Å². The Morgan fingerprint density at radius 1 is 1.29 bits per heavy atom. The predicted molar refractivity (Wildman–Crippen MR) is 63.8 cm³/mol. The van der Waals surface area contributed by atoms with Gasteiger partial charge in [0.05, 0.1) is 7.11 Å². The molecule has 1 aromatic carbocycles. The van der Waals surface area contributed by atoms with Crippen molar-refractivity contribution in [2.75, 3.05) is 7.11 Å². The summed E-state index contributed by atoms with van der Waals surface area (Å²) in [5.41, 5.74) is 0.787. The van der Waals surface area contributed by atoms with Gasteiger partial charge in [0.1, 0.15) is 16.9 Å². The van der Waals surface area contributed by atoms with E-state index in [2.05, 4.69) is 0 Å². The van der Waals surface area contributed by atoms with Crippen LogP contribution in [0.2, 0.25) is 0 Å². The van der Waals surface area contributed by atoms with Crippen LogP contribution in [0.15, 0.2) is 27.4 Å². The van der Waals surface area contributed by atoms with E-state index >= 15 is 0 Å². The van der Waals surface area contributed by atoms with E-state index in [4.69, 9.17) is 9.15 Å². The molecule has 2 aromatic rings. The van der Waals surface area contributed by atoms with Crippen LogP contribution in [0.5, 0.6) is 5.75 Å². The minimum absolute atomic E-state index is 0.0587. The number of rotatable bonds is 2. The summed E-state index contributed by atoms with van der Waals surface area (Å²) < 4.78 is 10.3. The highest BCUT2D eigenvalue weighted by atomic mass is 16.5.